The number of hydrogen-bond acceptors (Lipinski definition) is 2. The van der Waals surface area contributed by atoms with Gasteiger partial charge in [0.2, 0.25) is 0 Å². The summed E-state index contributed by atoms with van der Waals surface area (Å²) in [5, 5.41) is 11.1. The van der Waals surface area contributed by atoms with Crippen molar-refractivity contribution in [3.8, 4) is 5.75 Å². The number of rotatable bonds is 3. The van der Waals surface area contributed by atoms with Crippen LogP contribution in [0.2, 0.25) is 5.02 Å². The molecular formula is C15H15ClO2. The van der Waals surface area contributed by atoms with Gasteiger partial charge in [-0.2, -0.15) is 0 Å². The van der Waals surface area contributed by atoms with E-state index in [0.717, 1.165) is 16.7 Å². The maximum Gasteiger partial charge on any atom is 0.125 e. The fourth-order valence-corrected chi connectivity index (χ4v) is 2.02. The van der Waals surface area contributed by atoms with Crippen LogP contribution in [0.4, 0.5) is 0 Å². The number of methoxy groups -OCH3 is 1. The van der Waals surface area contributed by atoms with E-state index in [1.54, 1.807) is 19.2 Å². The second kappa shape index (κ2) is 5.42. The Kier molecular flexibility index (Phi) is 3.90. The second-order valence-corrected chi connectivity index (χ2v) is 4.64. The number of aliphatic hydroxyl groups is 1. The molecule has 2 aromatic rings. The lowest BCUT2D eigenvalue weighted by Crippen LogP contribution is -2.02. The third-order valence-electron chi connectivity index (χ3n) is 2.87. The molecule has 2 aromatic carbocycles. The first-order chi connectivity index (χ1) is 8.61. The van der Waals surface area contributed by atoms with E-state index in [4.69, 9.17) is 16.3 Å². The lowest BCUT2D eigenvalue weighted by Gasteiger charge is -2.16. The van der Waals surface area contributed by atoms with Gasteiger partial charge in [-0.15, -0.1) is 0 Å². The van der Waals surface area contributed by atoms with Crippen molar-refractivity contribution in [1.82, 2.24) is 0 Å². The van der Waals surface area contributed by atoms with Gasteiger partial charge in [-0.25, -0.2) is 0 Å². The summed E-state index contributed by atoms with van der Waals surface area (Å²) in [7, 11) is 1.60. The molecule has 1 N–H and O–H groups in total. The summed E-state index contributed by atoms with van der Waals surface area (Å²) < 4.78 is 5.28. The quantitative estimate of drug-likeness (QED) is 0.913. The van der Waals surface area contributed by atoms with Crippen LogP contribution in [0.1, 0.15) is 22.8 Å². The van der Waals surface area contributed by atoms with Crippen molar-refractivity contribution in [3.05, 3.63) is 64.2 Å². The molecule has 0 saturated heterocycles. The molecule has 94 valence electrons. The molecule has 0 fully saturated rings. The minimum absolute atomic E-state index is 0.655. The molecular weight excluding hydrogens is 248 g/mol. The van der Waals surface area contributed by atoms with Crippen LogP contribution >= 0.6 is 11.6 Å². The molecule has 2 rings (SSSR count). The number of halogens is 1. The Hall–Kier alpha value is -1.51. The van der Waals surface area contributed by atoms with Crippen molar-refractivity contribution >= 4 is 11.6 Å². The molecule has 18 heavy (non-hydrogen) atoms. The van der Waals surface area contributed by atoms with E-state index in [1.165, 1.54) is 0 Å². The van der Waals surface area contributed by atoms with E-state index < -0.39 is 6.10 Å². The van der Waals surface area contributed by atoms with Crippen LogP contribution in [-0.2, 0) is 0 Å². The first kappa shape index (κ1) is 12.9. The third kappa shape index (κ3) is 2.66. The van der Waals surface area contributed by atoms with Crippen LogP contribution in [0, 0.1) is 6.92 Å². The summed E-state index contributed by atoms with van der Waals surface area (Å²) in [6, 6.07) is 12.9. The highest BCUT2D eigenvalue weighted by Gasteiger charge is 2.15. The van der Waals surface area contributed by atoms with Crippen LogP contribution in [0.15, 0.2) is 42.5 Å². The molecule has 0 aliphatic rings. The highest BCUT2D eigenvalue weighted by molar-refractivity contribution is 6.30. The molecule has 1 atom stereocenters. The maximum absolute atomic E-state index is 10.4. The van der Waals surface area contributed by atoms with Crippen LogP contribution < -0.4 is 4.74 Å². The Balaban J connectivity index is 2.41. The summed E-state index contributed by atoms with van der Waals surface area (Å²) in [4.78, 5) is 0. The van der Waals surface area contributed by atoms with Gasteiger partial charge in [0.25, 0.3) is 0 Å². The molecule has 0 spiro atoms. The van der Waals surface area contributed by atoms with Gasteiger partial charge in [0, 0.05) is 10.6 Å². The largest absolute Gasteiger partial charge is 0.496 e. The predicted octanol–water partition coefficient (Wildman–Crippen LogP) is 3.74. The second-order valence-electron chi connectivity index (χ2n) is 4.20. The Labute approximate surface area is 112 Å². The predicted molar refractivity (Wildman–Crippen MR) is 73.2 cm³/mol. The van der Waals surface area contributed by atoms with E-state index >= 15 is 0 Å². The molecule has 0 aromatic heterocycles. The Morgan fingerprint density at radius 2 is 1.78 bits per heavy atom. The molecule has 0 saturated carbocycles. The van der Waals surface area contributed by atoms with Crippen molar-refractivity contribution in [1.29, 1.82) is 0 Å². The van der Waals surface area contributed by atoms with Crippen LogP contribution in [0.5, 0.6) is 5.75 Å². The molecule has 0 radical (unpaired) electrons. The Morgan fingerprint density at radius 3 is 2.39 bits per heavy atom. The van der Waals surface area contributed by atoms with Gasteiger partial charge in [0.05, 0.1) is 7.11 Å². The van der Waals surface area contributed by atoms with Gasteiger partial charge in [0.15, 0.2) is 0 Å². The SMILES string of the molecule is COc1ccc(C)cc1C(O)c1ccc(Cl)cc1. The van der Waals surface area contributed by atoms with Crippen LogP contribution in [-0.4, -0.2) is 12.2 Å². The average molecular weight is 263 g/mol. The molecule has 0 aliphatic carbocycles. The summed E-state index contributed by atoms with van der Waals surface area (Å²) in [5.74, 6) is 0.683. The molecule has 1 unspecified atom stereocenters. The van der Waals surface area contributed by atoms with Gasteiger partial charge in [-0.1, -0.05) is 35.4 Å². The number of aryl methyl sites for hydroxylation is 1. The lowest BCUT2D eigenvalue weighted by atomic mass is 9.99. The monoisotopic (exact) mass is 262 g/mol. The summed E-state index contributed by atoms with van der Waals surface area (Å²) in [5.41, 5.74) is 2.64. The van der Waals surface area contributed by atoms with Gasteiger partial charge < -0.3 is 9.84 Å². The van der Waals surface area contributed by atoms with E-state index in [-0.39, 0.29) is 0 Å². The van der Waals surface area contributed by atoms with E-state index in [1.807, 2.05) is 37.3 Å². The molecule has 3 heteroatoms. The molecule has 0 heterocycles. The Bertz CT molecular complexity index is 535. The Morgan fingerprint density at radius 1 is 1.11 bits per heavy atom. The minimum Gasteiger partial charge on any atom is -0.496 e. The highest BCUT2D eigenvalue weighted by atomic mass is 35.5. The number of ether oxygens (including phenoxy) is 1. The van der Waals surface area contributed by atoms with Gasteiger partial charge >= 0.3 is 0 Å². The molecule has 0 bridgehead atoms. The van der Waals surface area contributed by atoms with Crippen molar-refractivity contribution in [3.63, 3.8) is 0 Å². The van der Waals surface area contributed by atoms with E-state index in [2.05, 4.69) is 0 Å². The molecule has 0 amide bonds. The molecule has 2 nitrogen and oxygen atoms in total. The summed E-state index contributed by atoms with van der Waals surface area (Å²) in [6.45, 7) is 1.98. The summed E-state index contributed by atoms with van der Waals surface area (Å²) >= 11 is 5.84. The number of hydrogen-bond donors (Lipinski definition) is 1. The van der Waals surface area contributed by atoms with Crippen molar-refractivity contribution in [2.45, 2.75) is 13.0 Å². The fraction of sp³-hybridized carbons (Fsp3) is 0.200. The highest BCUT2D eigenvalue weighted by Crippen LogP contribution is 2.31. The van der Waals surface area contributed by atoms with E-state index in [9.17, 15) is 5.11 Å². The first-order valence-corrected chi connectivity index (χ1v) is 6.07. The van der Waals surface area contributed by atoms with Crippen LogP contribution in [0.25, 0.3) is 0 Å². The zero-order valence-corrected chi connectivity index (χ0v) is 11.1. The third-order valence-corrected chi connectivity index (χ3v) is 3.12. The zero-order chi connectivity index (χ0) is 13.1. The smallest absolute Gasteiger partial charge is 0.125 e. The minimum atomic E-state index is -0.711. The number of aliphatic hydroxyl groups excluding tert-OH is 1. The fourth-order valence-electron chi connectivity index (χ4n) is 1.89. The number of benzene rings is 2. The summed E-state index contributed by atoms with van der Waals surface area (Å²) in [6.07, 6.45) is -0.711. The van der Waals surface area contributed by atoms with Gasteiger partial charge in [-0.3, -0.25) is 0 Å². The standard InChI is InChI=1S/C15H15ClO2/c1-10-3-8-14(18-2)13(9-10)15(17)11-4-6-12(16)7-5-11/h3-9,15,17H,1-2H3. The average Bonchev–Trinajstić information content (AvgIpc) is 2.39. The molecule has 0 aliphatic heterocycles. The van der Waals surface area contributed by atoms with Gasteiger partial charge in [-0.05, 0) is 36.8 Å². The van der Waals surface area contributed by atoms with Crippen LogP contribution in [0.3, 0.4) is 0 Å². The zero-order valence-electron chi connectivity index (χ0n) is 10.4. The van der Waals surface area contributed by atoms with E-state index in [0.29, 0.717) is 10.8 Å². The van der Waals surface area contributed by atoms with Crippen molar-refractivity contribution < 1.29 is 9.84 Å². The van der Waals surface area contributed by atoms with Crippen molar-refractivity contribution in [2.75, 3.05) is 7.11 Å². The van der Waals surface area contributed by atoms with Gasteiger partial charge in [0.1, 0.15) is 11.9 Å². The lowest BCUT2D eigenvalue weighted by molar-refractivity contribution is 0.214. The maximum atomic E-state index is 10.4. The topological polar surface area (TPSA) is 29.5 Å². The first-order valence-electron chi connectivity index (χ1n) is 5.70. The normalized spacial score (nSPS) is 12.2. The van der Waals surface area contributed by atoms with Crippen molar-refractivity contribution in [2.24, 2.45) is 0 Å².